The van der Waals surface area contributed by atoms with Gasteiger partial charge < -0.3 is 5.11 Å². The van der Waals surface area contributed by atoms with Crippen molar-refractivity contribution < 1.29 is 9.90 Å². The quantitative estimate of drug-likeness (QED) is 0.802. The third-order valence-electron chi connectivity index (χ3n) is 5.40. The van der Waals surface area contributed by atoms with E-state index >= 15 is 0 Å². The third-order valence-corrected chi connectivity index (χ3v) is 5.40. The van der Waals surface area contributed by atoms with Crippen molar-refractivity contribution in [1.82, 2.24) is 4.90 Å². The molecule has 3 fully saturated rings. The molecule has 0 aromatic heterocycles. The summed E-state index contributed by atoms with van der Waals surface area (Å²) < 4.78 is 0. The molecule has 1 heterocycles. The van der Waals surface area contributed by atoms with Crippen LogP contribution >= 0.6 is 0 Å². The van der Waals surface area contributed by atoms with E-state index in [4.69, 9.17) is 0 Å². The van der Waals surface area contributed by atoms with Crippen molar-refractivity contribution in [2.75, 3.05) is 13.1 Å². The van der Waals surface area contributed by atoms with E-state index in [1.165, 1.54) is 32.1 Å². The van der Waals surface area contributed by atoms with Gasteiger partial charge in [0.15, 0.2) is 0 Å². The van der Waals surface area contributed by atoms with E-state index in [0.29, 0.717) is 5.41 Å². The standard InChI is InChI=1S/C14H23NO2/c16-12(17)14(8-4-5-9-14)15-10-13(11-15)6-2-1-3-7-13/h1-11H2,(H,16,17). The minimum Gasteiger partial charge on any atom is -0.480 e. The molecule has 3 heteroatoms. The van der Waals surface area contributed by atoms with E-state index in [0.717, 1.165) is 38.8 Å². The number of hydrogen-bond acceptors (Lipinski definition) is 2. The zero-order chi connectivity index (χ0) is 11.9. The van der Waals surface area contributed by atoms with Crippen molar-refractivity contribution in [1.29, 1.82) is 0 Å². The van der Waals surface area contributed by atoms with E-state index in [1.54, 1.807) is 0 Å². The molecule has 0 bridgehead atoms. The molecule has 17 heavy (non-hydrogen) atoms. The number of carbonyl (C=O) groups is 1. The first-order chi connectivity index (χ1) is 8.17. The van der Waals surface area contributed by atoms with Gasteiger partial charge in [-0.25, -0.2) is 0 Å². The van der Waals surface area contributed by atoms with Crippen LogP contribution in [-0.4, -0.2) is 34.6 Å². The Hall–Kier alpha value is -0.570. The maximum absolute atomic E-state index is 11.6. The molecule has 0 unspecified atom stereocenters. The molecular weight excluding hydrogens is 214 g/mol. The van der Waals surface area contributed by atoms with Gasteiger partial charge in [0, 0.05) is 13.1 Å². The van der Waals surface area contributed by atoms with E-state index in [-0.39, 0.29) is 0 Å². The first kappa shape index (κ1) is 11.5. The van der Waals surface area contributed by atoms with Gasteiger partial charge in [-0.05, 0) is 31.1 Å². The molecule has 0 aromatic carbocycles. The predicted molar refractivity (Wildman–Crippen MR) is 65.9 cm³/mol. The summed E-state index contributed by atoms with van der Waals surface area (Å²) in [5.41, 5.74) is 0.0198. The van der Waals surface area contributed by atoms with Crippen molar-refractivity contribution in [3.8, 4) is 0 Å². The van der Waals surface area contributed by atoms with Crippen LogP contribution in [0, 0.1) is 5.41 Å². The summed E-state index contributed by atoms with van der Waals surface area (Å²) in [7, 11) is 0. The molecule has 0 aromatic rings. The van der Waals surface area contributed by atoms with Crippen molar-refractivity contribution in [3.63, 3.8) is 0 Å². The van der Waals surface area contributed by atoms with Gasteiger partial charge in [0.25, 0.3) is 0 Å². The molecule has 3 nitrogen and oxygen atoms in total. The maximum Gasteiger partial charge on any atom is 0.324 e. The minimum atomic E-state index is -0.569. The smallest absolute Gasteiger partial charge is 0.324 e. The number of carboxylic acid groups (broad SMARTS) is 1. The van der Waals surface area contributed by atoms with Crippen LogP contribution in [0.25, 0.3) is 0 Å². The van der Waals surface area contributed by atoms with Crippen molar-refractivity contribution in [3.05, 3.63) is 0 Å². The fourth-order valence-corrected chi connectivity index (χ4v) is 4.31. The number of nitrogens with zero attached hydrogens (tertiary/aromatic N) is 1. The molecule has 0 radical (unpaired) electrons. The summed E-state index contributed by atoms with van der Waals surface area (Å²) in [6, 6.07) is 0. The number of rotatable bonds is 2. The van der Waals surface area contributed by atoms with Crippen molar-refractivity contribution in [2.24, 2.45) is 5.41 Å². The first-order valence-corrected chi connectivity index (χ1v) is 7.16. The number of aliphatic carboxylic acids is 1. The van der Waals surface area contributed by atoms with Crippen LogP contribution in [-0.2, 0) is 4.79 Å². The highest BCUT2D eigenvalue weighted by Gasteiger charge is 2.55. The molecule has 3 aliphatic rings. The lowest BCUT2D eigenvalue weighted by atomic mass is 9.66. The van der Waals surface area contributed by atoms with Gasteiger partial charge in [-0.15, -0.1) is 0 Å². The summed E-state index contributed by atoms with van der Waals surface area (Å²) in [6.07, 6.45) is 10.7. The summed E-state index contributed by atoms with van der Waals surface area (Å²) in [5, 5.41) is 9.54. The Morgan fingerprint density at radius 2 is 1.41 bits per heavy atom. The minimum absolute atomic E-state index is 0.483. The second-order valence-electron chi connectivity index (χ2n) is 6.46. The fourth-order valence-electron chi connectivity index (χ4n) is 4.31. The average Bonchev–Trinajstić information content (AvgIpc) is 2.77. The Kier molecular flexibility index (Phi) is 2.69. The molecule has 1 saturated heterocycles. The van der Waals surface area contributed by atoms with Crippen LogP contribution in [0.5, 0.6) is 0 Å². The molecule has 1 aliphatic heterocycles. The number of carboxylic acids is 1. The Balaban J connectivity index is 1.68. The highest BCUT2D eigenvalue weighted by molar-refractivity contribution is 5.79. The molecule has 3 rings (SSSR count). The third kappa shape index (κ3) is 1.70. The van der Waals surface area contributed by atoms with E-state index in [1.807, 2.05) is 0 Å². The second kappa shape index (κ2) is 3.98. The largest absolute Gasteiger partial charge is 0.480 e. The van der Waals surface area contributed by atoms with Crippen LogP contribution in [0.2, 0.25) is 0 Å². The van der Waals surface area contributed by atoms with Crippen molar-refractivity contribution >= 4 is 5.97 Å². The number of likely N-dealkylation sites (tertiary alicyclic amines) is 1. The molecule has 0 amide bonds. The molecule has 2 aliphatic carbocycles. The predicted octanol–water partition coefficient (Wildman–Crippen LogP) is 2.65. The fraction of sp³-hybridized carbons (Fsp3) is 0.929. The Labute approximate surface area is 103 Å². The molecular formula is C14H23NO2. The normalized spacial score (nSPS) is 31.3. The van der Waals surface area contributed by atoms with Gasteiger partial charge in [0.05, 0.1) is 0 Å². The van der Waals surface area contributed by atoms with Gasteiger partial charge in [-0.1, -0.05) is 32.1 Å². The van der Waals surface area contributed by atoms with Gasteiger partial charge >= 0.3 is 5.97 Å². The maximum atomic E-state index is 11.6. The van der Waals surface area contributed by atoms with E-state index in [2.05, 4.69) is 4.90 Å². The van der Waals surface area contributed by atoms with Crippen LogP contribution in [0.3, 0.4) is 0 Å². The molecule has 0 atom stereocenters. The lowest BCUT2D eigenvalue weighted by Gasteiger charge is -2.57. The van der Waals surface area contributed by atoms with Crippen LogP contribution < -0.4 is 0 Å². The van der Waals surface area contributed by atoms with Gasteiger partial charge in [-0.2, -0.15) is 0 Å². The van der Waals surface area contributed by atoms with Crippen molar-refractivity contribution in [2.45, 2.75) is 63.3 Å². The summed E-state index contributed by atoms with van der Waals surface area (Å²) in [6.45, 7) is 2.11. The zero-order valence-corrected chi connectivity index (χ0v) is 10.6. The van der Waals surface area contributed by atoms with Gasteiger partial charge in [0.2, 0.25) is 0 Å². The molecule has 2 saturated carbocycles. The molecule has 1 N–H and O–H groups in total. The lowest BCUT2D eigenvalue weighted by molar-refractivity contribution is -0.165. The lowest BCUT2D eigenvalue weighted by Crippen LogP contribution is -2.67. The monoisotopic (exact) mass is 237 g/mol. The highest BCUT2D eigenvalue weighted by atomic mass is 16.4. The number of hydrogen-bond donors (Lipinski definition) is 1. The van der Waals surface area contributed by atoms with Crippen LogP contribution in [0.4, 0.5) is 0 Å². The summed E-state index contributed by atoms with van der Waals surface area (Å²) in [5.74, 6) is -0.569. The zero-order valence-electron chi connectivity index (χ0n) is 10.6. The summed E-state index contributed by atoms with van der Waals surface area (Å²) >= 11 is 0. The van der Waals surface area contributed by atoms with E-state index in [9.17, 15) is 9.90 Å². The van der Waals surface area contributed by atoms with Crippen LogP contribution in [0.15, 0.2) is 0 Å². The molecule has 1 spiro atoms. The van der Waals surface area contributed by atoms with Gasteiger partial charge in [-0.3, -0.25) is 9.69 Å². The van der Waals surface area contributed by atoms with Gasteiger partial charge in [0.1, 0.15) is 5.54 Å². The van der Waals surface area contributed by atoms with Crippen LogP contribution in [0.1, 0.15) is 57.8 Å². The average molecular weight is 237 g/mol. The first-order valence-electron chi connectivity index (χ1n) is 7.16. The Morgan fingerprint density at radius 1 is 0.882 bits per heavy atom. The summed E-state index contributed by atoms with van der Waals surface area (Å²) in [4.78, 5) is 13.9. The Bertz CT molecular complexity index is 306. The Morgan fingerprint density at radius 3 is 1.94 bits per heavy atom. The SMILES string of the molecule is O=C(O)C1(N2CC3(CCCCC3)C2)CCCC1. The topological polar surface area (TPSA) is 40.5 Å². The molecule has 96 valence electrons. The highest BCUT2D eigenvalue weighted by Crippen LogP contribution is 2.49. The second-order valence-corrected chi connectivity index (χ2v) is 6.46. The van der Waals surface area contributed by atoms with E-state index < -0.39 is 11.5 Å².